The lowest BCUT2D eigenvalue weighted by Crippen LogP contribution is -2.35. The summed E-state index contributed by atoms with van der Waals surface area (Å²) in [6, 6.07) is 4.19. The Bertz CT molecular complexity index is 460. The lowest BCUT2D eigenvalue weighted by atomic mass is 10.1. The molecule has 0 fully saturated rings. The molecule has 7 heteroatoms. The fourth-order valence-electron chi connectivity index (χ4n) is 1.55. The Morgan fingerprint density at radius 1 is 1.40 bits per heavy atom. The van der Waals surface area contributed by atoms with Gasteiger partial charge in [0.2, 0.25) is 0 Å². The van der Waals surface area contributed by atoms with Crippen LogP contribution in [-0.2, 0) is 6.18 Å². The van der Waals surface area contributed by atoms with Crippen molar-refractivity contribution in [1.29, 1.82) is 0 Å². The van der Waals surface area contributed by atoms with E-state index in [0.717, 1.165) is 6.07 Å². The lowest BCUT2D eigenvalue weighted by molar-refractivity contribution is -0.136. The van der Waals surface area contributed by atoms with E-state index in [2.05, 4.69) is 5.32 Å². The summed E-state index contributed by atoms with van der Waals surface area (Å²) in [7, 11) is 1.51. The topological polar surface area (TPSA) is 58.4 Å². The van der Waals surface area contributed by atoms with E-state index in [0.29, 0.717) is 13.0 Å². The van der Waals surface area contributed by atoms with E-state index < -0.39 is 17.8 Å². The Labute approximate surface area is 115 Å². The van der Waals surface area contributed by atoms with E-state index in [-0.39, 0.29) is 11.7 Å². The van der Waals surface area contributed by atoms with E-state index in [4.69, 9.17) is 5.73 Å². The minimum atomic E-state index is -4.51. The molecule has 2 amide bonds. The summed E-state index contributed by atoms with van der Waals surface area (Å²) in [6.07, 6.45) is -3.93. The number of benzene rings is 1. The fourth-order valence-corrected chi connectivity index (χ4v) is 1.55. The first-order chi connectivity index (χ1) is 9.21. The normalized spacial score (nSPS) is 12.9. The molecule has 0 aliphatic heterocycles. The third-order valence-electron chi connectivity index (χ3n) is 2.74. The number of carbonyl (C=O) groups is 1. The van der Waals surface area contributed by atoms with Gasteiger partial charge < -0.3 is 16.0 Å². The van der Waals surface area contributed by atoms with Gasteiger partial charge in [0.1, 0.15) is 0 Å². The molecule has 1 atom stereocenters. The van der Waals surface area contributed by atoms with Gasteiger partial charge in [0, 0.05) is 19.6 Å². The number of carbonyl (C=O) groups excluding carboxylic acids is 1. The number of alkyl halides is 3. The Kier molecular flexibility index (Phi) is 5.38. The van der Waals surface area contributed by atoms with Gasteiger partial charge in [-0.3, -0.25) is 0 Å². The van der Waals surface area contributed by atoms with Crippen molar-refractivity contribution >= 4 is 11.7 Å². The van der Waals surface area contributed by atoms with Crippen LogP contribution in [-0.4, -0.2) is 30.6 Å². The Hall–Kier alpha value is -1.76. The van der Waals surface area contributed by atoms with E-state index in [1.54, 1.807) is 6.92 Å². The summed E-state index contributed by atoms with van der Waals surface area (Å²) in [5.74, 6) is 0. The number of hydrogen-bond acceptors (Lipinski definition) is 2. The molecule has 1 unspecified atom stereocenters. The summed E-state index contributed by atoms with van der Waals surface area (Å²) in [4.78, 5) is 13.1. The van der Waals surface area contributed by atoms with Gasteiger partial charge in [0.25, 0.3) is 0 Å². The van der Waals surface area contributed by atoms with Crippen molar-refractivity contribution in [1.82, 2.24) is 4.90 Å². The zero-order valence-electron chi connectivity index (χ0n) is 11.4. The van der Waals surface area contributed by atoms with Crippen molar-refractivity contribution in [2.45, 2.75) is 25.6 Å². The second kappa shape index (κ2) is 6.60. The second-order valence-electron chi connectivity index (χ2n) is 4.66. The molecule has 4 nitrogen and oxygen atoms in total. The zero-order chi connectivity index (χ0) is 15.3. The maximum atomic E-state index is 12.8. The van der Waals surface area contributed by atoms with E-state index in [1.807, 2.05) is 0 Å². The number of rotatable bonds is 4. The van der Waals surface area contributed by atoms with E-state index in [1.165, 1.54) is 30.1 Å². The third kappa shape index (κ3) is 4.73. The van der Waals surface area contributed by atoms with Crippen LogP contribution in [0.3, 0.4) is 0 Å². The van der Waals surface area contributed by atoms with Crippen LogP contribution in [0.2, 0.25) is 0 Å². The molecular formula is C13H18F3N3O. The van der Waals surface area contributed by atoms with Crippen LogP contribution in [0.15, 0.2) is 24.3 Å². The first kappa shape index (κ1) is 16.3. The predicted octanol–water partition coefficient (Wildman–Crippen LogP) is 2.91. The van der Waals surface area contributed by atoms with Crippen LogP contribution < -0.4 is 11.1 Å². The maximum absolute atomic E-state index is 12.8. The SMILES string of the molecule is CC(N)CCN(C)C(=O)Nc1ccccc1C(F)(F)F. The molecule has 0 bridgehead atoms. The minimum Gasteiger partial charge on any atom is -0.328 e. The molecule has 1 rings (SSSR count). The van der Waals surface area contributed by atoms with Crippen molar-refractivity contribution < 1.29 is 18.0 Å². The fraction of sp³-hybridized carbons (Fsp3) is 0.462. The van der Waals surface area contributed by atoms with Gasteiger partial charge in [-0.05, 0) is 25.5 Å². The molecule has 0 aliphatic carbocycles. The summed E-state index contributed by atoms with van der Waals surface area (Å²) in [5.41, 5.74) is 4.45. The van der Waals surface area contributed by atoms with Gasteiger partial charge in [0.05, 0.1) is 11.3 Å². The lowest BCUT2D eigenvalue weighted by Gasteiger charge is -2.20. The third-order valence-corrected chi connectivity index (χ3v) is 2.74. The number of nitrogens with two attached hydrogens (primary N) is 1. The molecule has 0 aliphatic rings. The number of para-hydroxylation sites is 1. The first-order valence-corrected chi connectivity index (χ1v) is 6.15. The van der Waals surface area contributed by atoms with Crippen LogP contribution in [0.1, 0.15) is 18.9 Å². The standard InChI is InChI=1S/C13H18F3N3O/c1-9(17)7-8-19(2)12(20)18-11-6-4-3-5-10(11)13(14,15)16/h3-6,9H,7-8,17H2,1-2H3,(H,18,20). The quantitative estimate of drug-likeness (QED) is 0.895. The molecule has 0 spiro atoms. The summed E-state index contributed by atoms with van der Waals surface area (Å²) in [6.45, 7) is 2.17. The van der Waals surface area contributed by atoms with Gasteiger partial charge in [-0.1, -0.05) is 12.1 Å². The second-order valence-corrected chi connectivity index (χ2v) is 4.66. The summed E-state index contributed by atoms with van der Waals surface area (Å²) >= 11 is 0. The first-order valence-electron chi connectivity index (χ1n) is 6.15. The van der Waals surface area contributed by atoms with E-state index in [9.17, 15) is 18.0 Å². The number of halogens is 3. The Morgan fingerprint density at radius 3 is 2.55 bits per heavy atom. The molecule has 1 aromatic carbocycles. The van der Waals surface area contributed by atoms with Crippen molar-refractivity contribution in [3.05, 3.63) is 29.8 Å². The number of amides is 2. The number of hydrogen-bond donors (Lipinski definition) is 2. The molecule has 112 valence electrons. The molecule has 20 heavy (non-hydrogen) atoms. The van der Waals surface area contributed by atoms with Gasteiger partial charge >= 0.3 is 12.2 Å². The molecule has 1 aromatic rings. The number of nitrogens with one attached hydrogen (secondary N) is 1. The number of nitrogens with zero attached hydrogens (tertiary/aromatic N) is 1. The average Bonchev–Trinajstić information content (AvgIpc) is 2.35. The monoisotopic (exact) mass is 289 g/mol. The van der Waals surface area contributed by atoms with Crippen LogP contribution in [0.4, 0.5) is 23.7 Å². The van der Waals surface area contributed by atoms with Crippen LogP contribution in [0.25, 0.3) is 0 Å². The van der Waals surface area contributed by atoms with Crippen LogP contribution in [0, 0.1) is 0 Å². The van der Waals surface area contributed by atoms with Crippen molar-refractivity contribution in [2.24, 2.45) is 5.73 Å². The molecule has 0 saturated carbocycles. The maximum Gasteiger partial charge on any atom is 0.418 e. The summed E-state index contributed by atoms with van der Waals surface area (Å²) in [5, 5.41) is 2.27. The zero-order valence-corrected chi connectivity index (χ0v) is 11.4. The Balaban J connectivity index is 2.76. The summed E-state index contributed by atoms with van der Waals surface area (Å²) < 4.78 is 38.3. The smallest absolute Gasteiger partial charge is 0.328 e. The largest absolute Gasteiger partial charge is 0.418 e. The molecule has 3 N–H and O–H groups in total. The van der Waals surface area contributed by atoms with Crippen molar-refractivity contribution in [3.63, 3.8) is 0 Å². The molecule has 0 radical (unpaired) electrons. The highest BCUT2D eigenvalue weighted by Gasteiger charge is 2.33. The molecule has 0 heterocycles. The highest BCUT2D eigenvalue weighted by molar-refractivity contribution is 5.90. The van der Waals surface area contributed by atoms with Gasteiger partial charge in [-0.15, -0.1) is 0 Å². The highest BCUT2D eigenvalue weighted by atomic mass is 19.4. The van der Waals surface area contributed by atoms with Crippen molar-refractivity contribution in [2.75, 3.05) is 18.9 Å². The Morgan fingerprint density at radius 2 is 2.00 bits per heavy atom. The average molecular weight is 289 g/mol. The van der Waals surface area contributed by atoms with Crippen LogP contribution in [0.5, 0.6) is 0 Å². The van der Waals surface area contributed by atoms with Gasteiger partial charge in [-0.2, -0.15) is 13.2 Å². The number of urea groups is 1. The van der Waals surface area contributed by atoms with Gasteiger partial charge in [0.15, 0.2) is 0 Å². The molecular weight excluding hydrogens is 271 g/mol. The van der Waals surface area contributed by atoms with Gasteiger partial charge in [-0.25, -0.2) is 4.79 Å². The predicted molar refractivity (Wildman–Crippen MR) is 71.4 cm³/mol. The number of anilines is 1. The van der Waals surface area contributed by atoms with Crippen LogP contribution >= 0.6 is 0 Å². The minimum absolute atomic E-state index is 0.0762. The highest BCUT2D eigenvalue weighted by Crippen LogP contribution is 2.34. The van der Waals surface area contributed by atoms with E-state index >= 15 is 0 Å². The van der Waals surface area contributed by atoms with Crippen molar-refractivity contribution in [3.8, 4) is 0 Å². The molecule has 0 saturated heterocycles. The molecule has 0 aromatic heterocycles.